The van der Waals surface area contributed by atoms with Gasteiger partial charge in [-0.15, -0.1) is 0 Å². The summed E-state index contributed by atoms with van der Waals surface area (Å²) in [6.45, 7) is 5.43. The minimum atomic E-state index is -3.53. The largest absolute Gasteiger partial charge is 0.370 e. The van der Waals surface area contributed by atoms with Crippen LogP contribution in [0.5, 0.6) is 0 Å². The van der Waals surface area contributed by atoms with Gasteiger partial charge < -0.3 is 10.2 Å². The number of rotatable bonds is 8. The van der Waals surface area contributed by atoms with Gasteiger partial charge in [-0.1, -0.05) is 30.5 Å². The number of pyridine rings is 1. The average molecular weight is 854 g/mol. The summed E-state index contributed by atoms with van der Waals surface area (Å²) in [6, 6.07) is 12.1. The summed E-state index contributed by atoms with van der Waals surface area (Å²) >= 11 is 6.30. The van der Waals surface area contributed by atoms with Crippen LogP contribution in [0.3, 0.4) is 0 Å². The molecule has 2 saturated carbocycles. The number of imidazole rings is 1. The van der Waals surface area contributed by atoms with Crippen LogP contribution < -0.4 is 26.8 Å². The van der Waals surface area contributed by atoms with Crippen molar-refractivity contribution >= 4 is 72.6 Å². The van der Waals surface area contributed by atoms with Crippen LogP contribution >= 0.6 is 11.6 Å². The molecule has 10 rings (SSSR count). The van der Waals surface area contributed by atoms with Gasteiger partial charge >= 0.3 is 5.69 Å². The van der Waals surface area contributed by atoms with Crippen molar-refractivity contribution < 1.29 is 18.0 Å². The van der Waals surface area contributed by atoms with E-state index in [2.05, 4.69) is 25.4 Å². The van der Waals surface area contributed by atoms with Crippen LogP contribution in [0.1, 0.15) is 81.9 Å². The van der Waals surface area contributed by atoms with Gasteiger partial charge in [-0.25, -0.2) is 18.2 Å². The van der Waals surface area contributed by atoms with Gasteiger partial charge in [0.15, 0.2) is 9.84 Å². The molecule has 3 saturated heterocycles. The van der Waals surface area contributed by atoms with E-state index in [1.54, 1.807) is 46.6 Å². The molecule has 1 atom stereocenters. The molecule has 6 heterocycles. The molecule has 2 aromatic carbocycles. The Morgan fingerprint density at radius 3 is 2.40 bits per heavy atom. The molecule has 0 bridgehead atoms. The van der Waals surface area contributed by atoms with Gasteiger partial charge in [-0.05, 0) is 99.2 Å². The predicted octanol–water partition coefficient (Wildman–Crippen LogP) is 5.15. The summed E-state index contributed by atoms with van der Waals surface area (Å²) in [7, 11) is -1.79. The lowest BCUT2D eigenvalue weighted by Gasteiger charge is -2.59. The van der Waals surface area contributed by atoms with Crippen LogP contribution in [0.25, 0.3) is 22.1 Å². The monoisotopic (exact) mass is 853 g/mol. The molecule has 2 N–H and O–H groups in total. The number of para-hydroxylation sites is 1. The standard InChI is InChI=1S/C43H48ClN9O6S/c1-25-18-29(10-11-32(25)46-41-45-22-26-19-31(44)40(56)52(38(26)48-41)27-6-3-4-7-27)60(58,59)30-20-28(21-30)51-23-43(24-51)14-16-50(17-15-43)33-8-5-9-34-37(33)49(2)42(57)53(34)35-12-13-36(54)47-39(35)55/h5,8-11,18-19,22,27-28,30,35H,3-4,6-7,12-17,20-21,23-24H2,1-2H3,(H,45,46,48)(H,47,54,55). The van der Waals surface area contributed by atoms with E-state index in [1.165, 1.54) is 4.57 Å². The number of imide groups is 1. The number of sulfone groups is 1. The number of benzene rings is 2. The highest BCUT2D eigenvalue weighted by Gasteiger charge is 2.51. The molecule has 3 aromatic heterocycles. The van der Waals surface area contributed by atoms with Crippen LogP contribution in [0.2, 0.25) is 5.02 Å². The Bertz CT molecular complexity index is 2830. The Kier molecular flexibility index (Phi) is 9.48. The van der Waals surface area contributed by atoms with E-state index in [0.717, 1.165) is 81.5 Å². The van der Waals surface area contributed by atoms with Crippen molar-refractivity contribution in [2.45, 2.75) is 99.4 Å². The lowest BCUT2D eigenvalue weighted by molar-refractivity contribution is -0.135. The van der Waals surface area contributed by atoms with Crippen molar-refractivity contribution in [3.8, 4) is 0 Å². The van der Waals surface area contributed by atoms with Crippen LogP contribution in [0.4, 0.5) is 17.3 Å². The number of carbonyl (C=O) groups is 2. The number of anilines is 3. The second-order valence-electron chi connectivity index (χ2n) is 17.7. The molecule has 0 radical (unpaired) electrons. The van der Waals surface area contributed by atoms with E-state index in [1.807, 2.05) is 25.1 Å². The molecule has 5 aliphatic rings. The van der Waals surface area contributed by atoms with Gasteiger partial charge in [-0.3, -0.25) is 38.3 Å². The van der Waals surface area contributed by atoms with Crippen molar-refractivity contribution in [2.75, 3.05) is 36.4 Å². The molecule has 314 valence electrons. The first-order valence-corrected chi connectivity index (χ1v) is 22.9. The number of aromatic nitrogens is 5. The van der Waals surface area contributed by atoms with Gasteiger partial charge in [0.25, 0.3) is 5.56 Å². The second-order valence-corrected chi connectivity index (χ2v) is 20.3. The first-order chi connectivity index (χ1) is 28.8. The minimum absolute atomic E-state index is 0.0439. The molecular weight excluding hydrogens is 806 g/mol. The number of hydrogen-bond acceptors (Lipinski definition) is 11. The Balaban J connectivity index is 0.761. The van der Waals surface area contributed by atoms with Gasteiger partial charge in [0.2, 0.25) is 17.8 Å². The number of piperidine rings is 2. The summed E-state index contributed by atoms with van der Waals surface area (Å²) in [6.07, 6.45) is 9.26. The maximum absolute atomic E-state index is 13.8. The first-order valence-electron chi connectivity index (χ1n) is 21.0. The molecule has 5 aromatic rings. The Hall–Kier alpha value is -5.06. The zero-order chi connectivity index (χ0) is 41.7. The highest BCUT2D eigenvalue weighted by atomic mass is 35.5. The maximum Gasteiger partial charge on any atom is 0.329 e. The second kappa shape index (κ2) is 14.5. The minimum Gasteiger partial charge on any atom is -0.370 e. The smallest absolute Gasteiger partial charge is 0.329 e. The topological polar surface area (TPSA) is 174 Å². The summed E-state index contributed by atoms with van der Waals surface area (Å²) in [5.41, 5.74) is 4.09. The number of likely N-dealkylation sites (tertiary alicyclic amines) is 1. The Labute approximate surface area is 351 Å². The van der Waals surface area contributed by atoms with Crippen LogP contribution in [-0.4, -0.2) is 86.3 Å². The lowest BCUT2D eigenvalue weighted by Crippen LogP contribution is -2.66. The molecule has 2 amide bonds. The third-order valence-electron chi connectivity index (χ3n) is 14.1. The number of carbonyl (C=O) groups excluding carboxylic acids is 2. The van der Waals surface area contributed by atoms with E-state index in [-0.39, 0.29) is 46.1 Å². The van der Waals surface area contributed by atoms with Crippen LogP contribution in [0.15, 0.2) is 63.1 Å². The fourth-order valence-electron chi connectivity index (χ4n) is 10.5. The van der Waals surface area contributed by atoms with Crippen LogP contribution in [0, 0.1) is 12.3 Å². The molecule has 3 aliphatic heterocycles. The SMILES string of the molecule is Cc1cc(S(=O)(=O)C2CC(N3CC4(CCN(c5cccc6c5n(C)c(=O)n6C5CCC(=O)NC5=O)CC4)C3)C2)ccc1Nc1ncc2cc(Cl)c(=O)n(C3CCCC3)c2n1. The molecule has 1 unspecified atom stereocenters. The number of hydrogen-bond donors (Lipinski definition) is 2. The van der Waals surface area contributed by atoms with E-state index >= 15 is 0 Å². The zero-order valence-electron chi connectivity index (χ0n) is 33.7. The molecule has 2 aliphatic carbocycles. The fourth-order valence-corrected chi connectivity index (χ4v) is 12.7. The highest BCUT2D eigenvalue weighted by Crippen LogP contribution is 2.47. The average Bonchev–Trinajstić information content (AvgIpc) is 3.81. The fraction of sp³-hybridized carbons (Fsp3) is 0.488. The lowest BCUT2D eigenvalue weighted by atomic mass is 9.70. The summed E-state index contributed by atoms with van der Waals surface area (Å²) < 4.78 is 32.5. The number of halogens is 1. The van der Waals surface area contributed by atoms with Gasteiger partial charge in [0, 0.05) is 69.0 Å². The van der Waals surface area contributed by atoms with Crippen molar-refractivity contribution in [2.24, 2.45) is 12.5 Å². The molecule has 5 fully saturated rings. The molecule has 15 nitrogen and oxygen atoms in total. The van der Waals surface area contributed by atoms with Crippen molar-refractivity contribution in [3.63, 3.8) is 0 Å². The van der Waals surface area contributed by atoms with E-state index < -0.39 is 27.0 Å². The number of fused-ring (bicyclic) bond motifs is 2. The summed E-state index contributed by atoms with van der Waals surface area (Å²) in [5, 5.41) is 6.04. The summed E-state index contributed by atoms with van der Waals surface area (Å²) in [4.78, 5) is 65.4. The molecule has 17 heteroatoms. The molecular formula is C43H48ClN9O6S. The van der Waals surface area contributed by atoms with E-state index in [9.17, 15) is 27.6 Å². The van der Waals surface area contributed by atoms with E-state index in [0.29, 0.717) is 52.3 Å². The predicted molar refractivity (Wildman–Crippen MR) is 229 cm³/mol. The van der Waals surface area contributed by atoms with Crippen molar-refractivity contribution in [3.05, 3.63) is 80.1 Å². The van der Waals surface area contributed by atoms with Gasteiger partial charge in [0.1, 0.15) is 16.7 Å². The van der Waals surface area contributed by atoms with Gasteiger partial charge in [0.05, 0.1) is 26.9 Å². The molecule has 1 spiro atoms. The Morgan fingerprint density at radius 2 is 1.68 bits per heavy atom. The summed E-state index contributed by atoms with van der Waals surface area (Å²) in [5.74, 6) is -0.436. The normalized spacial score (nSPS) is 23.6. The number of nitrogens with zero attached hydrogens (tertiary/aromatic N) is 7. The van der Waals surface area contributed by atoms with Gasteiger partial charge in [-0.2, -0.15) is 4.98 Å². The van der Waals surface area contributed by atoms with Crippen molar-refractivity contribution in [1.82, 2.24) is 33.9 Å². The Morgan fingerprint density at radius 1 is 0.933 bits per heavy atom. The van der Waals surface area contributed by atoms with Crippen molar-refractivity contribution in [1.29, 1.82) is 0 Å². The number of aryl methyl sites for hydroxylation is 2. The number of amides is 2. The molecule has 60 heavy (non-hydrogen) atoms. The third-order valence-corrected chi connectivity index (χ3v) is 16.5. The first kappa shape index (κ1) is 39.1. The maximum atomic E-state index is 13.8. The highest BCUT2D eigenvalue weighted by molar-refractivity contribution is 7.92. The third kappa shape index (κ3) is 6.44. The number of nitrogens with one attached hydrogen (secondary N) is 2. The quantitative estimate of drug-likeness (QED) is 0.198. The van der Waals surface area contributed by atoms with Crippen LogP contribution in [-0.2, 0) is 26.5 Å². The zero-order valence-corrected chi connectivity index (χ0v) is 35.3. The van der Waals surface area contributed by atoms with E-state index in [4.69, 9.17) is 16.6 Å².